The number of aliphatic hydroxyl groups excluding tert-OH is 1. The topological polar surface area (TPSA) is 122 Å². The number of aliphatic hydroxyl groups is 1. The van der Waals surface area contributed by atoms with Crippen LogP contribution < -0.4 is 10.6 Å². The van der Waals surface area contributed by atoms with E-state index in [0.717, 1.165) is 28.6 Å². The number of amides is 2. The molecule has 2 amide bonds. The second kappa shape index (κ2) is 11.6. The second-order valence-corrected chi connectivity index (χ2v) is 10.7. The summed E-state index contributed by atoms with van der Waals surface area (Å²) in [6.45, 7) is 2.31. The van der Waals surface area contributed by atoms with E-state index in [1.807, 2.05) is 22.8 Å². The van der Waals surface area contributed by atoms with Crippen LogP contribution in [0.3, 0.4) is 0 Å². The predicted octanol–water partition coefficient (Wildman–Crippen LogP) is 3.65. The number of nitrogens with zero attached hydrogens (tertiary/aromatic N) is 4. The Morgan fingerprint density at radius 2 is 1.97 bits per heavy atom. The fraction of sp³-hybridized carbons (Fsp3) is 0.385. The first-order valence-electron chi connectivity index (χ1n) is 12.4. The summed E-state index contributed by atoms with van der Waals surface area (Å²) in [5.74, 6) is 0.371. The number of halogens is 1. The van der Waals surface area contributed by atoms with Gasteiger partial charge in [0.25, 0.3) is 5.91 Å². The van der Waals surface area contributed by atoms with Crippen molar-refractivity contribution in [2.24, 2.45) is 5.92 Å². The van der Waals surface area contributed by atoms with Crippen LogP contribution in [0.15, 0.2) is 36.4 Å². The SMILES string of the molecule is COCCn1c(Nc2nc3ccc(Cl)cc3s2)nc2cc(C(=O)NCC(=O)N3CCC(CO)CC3)ccc21. The Labute approximate surface area is 228 Å². The van der Waals surface area contributed by atoms with Crippen molar-refractivity contribution in [2.45, 2.75) is 19.4 Å². The average molecular weight is 557 g/mol. The Bertz CT molecular complexity index is 1460. The summed E-state index contributed by atoms with van der Waals surface area (Å²) in [4.78, 5) is 36.5. The lowest BCUT2D eigenvalue weighted by Gasteiger charge is -2.31. The molecule has 1 fully saturated rings. The molecule has 200 valence electrons. The highest BCUT2D eigenvalue weighted by atomic mass is 35.5. The number of fused-ring (bicyclic) bond motifs is 2. The molecule has 0 unspecified atom stereocenters. The van der Waals surface area contributed by atoms with Crippen molar-refractivity contribution in [2.75, 3.05) is 45.3 Å². The fourth-order valence-corrected chi connectivity index (χ4v) is 5.69. The van der Waals surface area contributed by atoms with E-state index < -0.39 is 0 Å². The Balaban J connectivity index is 1.31. The monoisotopic (exact) mass is 556 g/mol. The first-order valence-corrected chi connectivity index (χ1v) is 13.6. The lowest BCUT2D eigenvalue weighted by atomic mass is 9.98. The maximum Gasteiger partial charge on any atom is 0.251 e. The molecule has 0 saturated carbocycles. The van der Waals surface area contributed by atoms with Crippen LogP contribution in [0.4, 0.5) is 11.1 Å². The molecule has 0 aliphatic carbocycles. The third-order valence-corrected chi connectivity index (χ3v) is 7.89. The zero-order chi connectivity index (χ0) is 26.6. The number of hydrogen-bond acceptors (Lipinski definition) is 8. The maximum absolute atomic E-state index is 12.9. The molecule has 3 heterocycles. The van der Waals surface area contributed by atoms with Crippen molar-refractivity contribution in [1.82, 2.24) is 24.8 Å². The quantitative estimate of drug-likeness (QED) is 0.288. The molecule has 4 aromatic rings. The molecule has 10 nitrogen and oxygen atoms in total. The molecule has 0 atom stereocenters. The summed E-state index contributed by atoms with van der Waals surface area (Å²) in [7, 11) is 1.64. The van der Waals surface area contributed by atoms with Gasteiger partial charge in [-0.25, -0.2) is 9.97 Å². The Kier molecular flexibility index (Phi) is 8.08. The Morgan fingerprint density at radius 3 is 2.74 bits per heavy atom. The minimum absolute atomic E-state index is 0.0721. The van der Waals surface area contributed by atoms with Gasteiger partial charge in [0.15, 0.2) is 5.13 Å². The van der Waals surface area contributed by atoms with E-state index in [0.29, 0.717) is 53.4 Å². The molecule has 0 spiro atoms. The highest BCUT2D eigenvalue weighted by Crippen LogP contribution is 2.31. The van der Waals surface area contributed by atoms with Gasteiger partial charge in [0.05, 0.1) is 34.4 Å². The molecule has 0 radical (unpaired) electrons. The third-order valence-electron chi connectivity index (χ3n) is 6.72. The zero-order valence-electron chi connectivity index (χ0n) is 20.9. The Hall–Kier alpha value is -3.25. The number of carbonyl (C=O) groups excluding carboxylic acids is 2. The highest BCUT2D eigenvalue weighted by Gasteiger charge is 2.23. The molecular formula is C26H29ClN6O4S. The summed E-state index contributed by atoms with van der Waals surface area (Å²) in [6.07, 6.45) is 1.55. The van der Waals surface area contributed by atoms with Gasteiger partial charge in [-0.15, -0.1) is 0 Å². The van der Waals surface area contributed by atoms with Crippen LogP contribution in [0, 0.1) is 5.92 Å². The number of imidazole rings is 1. The summed E-state index contributed by atoms with van der Waals surface area (Å²) < 4.78 is 8.24. The molecule has 2 aromatic carbocycles. The molecular weight excluding hydrogens is 528 g/mol. The van der Waals surface area contributed by atoms with Gasteiger partial charge in [-0.1, -0.05) is 22.9 Å². The molecule has 12 heteroatoms. The number of anilines is 2. The molecule has 0 bridgehead atoms. The van der Waals surface area contributed by atoms with E-state index in [2.05, 4.69) is 15.6 Å². The van der Waals surface area contributed by atoms with Gasteiger partial charge in [0, 0.05) is 43.9 Å². The van der Waals surface area contributed by atoms with E-state index >= 15 is 0 Å². The molecule has 1 aliphatic heterocycles. The summed E-state index contributed by atoms with van der Waals surface area (Å²) in [6, 6.07) is 10.8. The van der Waals surface area contributed by atoms with Crippen molar-refractivity contribution < 1.29 is 19.4 Å². The van der Waals surface area contributed by atoms with E-state index in [1.165, 1.54) is 11.3 Å². The van der Waals surface area contributed by atoms with E-state index in [9.17, 15) is 14.7 Å². The first kappa shape index (κ1) is 26.4. The van der Waals surface area contributed by atoms with Crippen LogP contribution in [0.1, 0.15) is 23.2 Å². The number of nitrogens with one attached hydrogen (secondary N) is 2. The largest absolute Gasteiger partial charge is 0.396 e. The average Bonchev–Trinajstić information content (AvgIpc) is 3.49. The zero-order valence-corrected chi connectivity index (χ0v) is 22.5. The predicted molar refractivity (Wildman–Crippen MR) is 148 cm³/mol. The van der Waals surface area contributed by atoms with Gasteiger partial charge < -0.3 is 29.9 Å². The van der Waals surface area contributed by atoms with E-state index in [4.69, 9.17) is 21.3 Å². The number of piperidine rings is 1. The van der Waals surface area contributed by atoms with Crippen molar-refractivity contribution in [1.29, 1.82) is 0 Å². The fourth-order valence-electron chi connectivity index (χ4n) is 4.56. The number of ether oxygens (including phenoxy) is 1. The van der Waals surface area contributed by atoms with Gasteiger partial charge in [-0.3, -0.25) is 9.59 Å². The lowest BCUT2D eigenvalue weighted by molar-refractivity contribution is -0.131. The van der Waals surface area contributed by atoms with Crippen molar-refractivity contribution in [3.63, 3.8) is 0 Å². The highest BCUT2D eigenvalue weighted by molar-refractivity contribution is 7.22. The second-order valence-electron chi connectivity index (χ2n) is 9.23. The molecule has 5 rings (SSSR count). The van der Waals surface area contributed by atoms with Crippen LogP contribution in [0.2, 0.25) is 5.02 Å². The van der Waals surface area contributed by atoms with Gasteiger partial charge in [-0.05, 0) is 55.2 Å². The summed E-state index contributed by atoms with van der Waals surface area (Å²) >= 11 is 7.60. The van der Waals surface area contributed by atoms with Crippen molar-refractivity contribution >= 4 is 67.1 Å². The van der Waals surface area contributed by atoms with Crippen molar-refractivity contribution in [3.05, 3.63) is 47.0 Å². The maximum atomic E-state index is 12.9. The van der Waals surface area contributed by atoms with Crippen LogP contribution in [0.25, 0.3) is 21.3 Å². The summed E-state index contributed by atoms with van der Waals surface area (Å²) in [5.41, 5.74) is 2.74. The van der Waals surface area contributed by atoms with E-state index in [1.54, 1.807) is 30.2 Å². The van der Waals surface area contributed by atoms with E-state index in [-0.39, 0.29) is 30.9 Å². The van der Waals surface area contributed by atoms with Crippen LogP contribution >= 0.6 is 22.9 Å². The Morgan fingerprint density at radius 1 is 1.16 bits per heavy atom. The molecule has 3 N–H and O–H groups in total. The first-order chi connectivity index (χ1) is 18.4. The molecule has 38 heavy (non-hydrogen) atoms. The minimum atomic E-state index is -0.338. The van der Waals surface area contributed by atoms with Crippen LogP contribution in [-0.4, -0.2) is 76.3 Å². The number of methoxy groups -OCH3 is 1. The number of thiazole rings is 1. The summed E-state index contributed by atoms with van der Waals surface area (Å²) in [5, 5.41) is 16.6. The van der Waals surface area contributed by atoms with Gasteiger partial charge >= 0.3 is 0 Å². The number of likely N-dealkylation sites (tertiary alicyclic amines) is 1. The molecule has 1 saturated heterocycles. The number of carbonyl (C=O) groups is 2. The van der Waals surface area contributed by atoms with Crippen molar-refractivity contribution in [3.8, 4) is 0 Å². The van der Waals surface area contributed by atoms with Gasteiger partial charge in [-0.2, -0.15) is 0 Å². The number of aromatic nitrogens is 3. The number of rotatable bonds is 9. The number of benzene rings is 2. The minimum Gasteiger partial charge on any atom is -0.396 e. The molecule has 1 aliphatic rings. The van der Waals surface area contributed by atoms with Crippen LogP contribution in [-0.2, 0) is 16.1 Å². The van der Waals surface area contributed by atoms with Gasteiger partial charge in [0.1, 0.15) is 0 Å². The van der Waals surface area contributed by atoms with Gasteiger partial charge in [0.2, 0.25) is 11.9 Å². The smallest absolute Gasteiger partial charge is 0.251 e. The third kappa shape index (κ3) is 5.75. The normalized spacial score (nSPS) is 14.3. The standard InChI is InChI=1S/C26H29ClN6O4S/c1-37-11-10-33-21-5-2-17(24(36)28-14-23(35)32-8-6-16(15-34)7-9-32)12-20(21)29-25(33)31-26-30-19-4-3-18(27)13-22(19)38-26/h2-5,12-13,16,34H,6-11,14-15H2,1H3,(H,28,36)(H,29,30,31). The molecule has 2 aromatic heterocycles. The van der Waals surface area contributed by atoms with Crippen LogP contribution in [0.5, 0.6) is 0 Å². The lowest BCUT2D eigenvalue weighted by Crippen LogP contribution is -2.44. The number of hydrogen-bond donors (Lipinski definition) is 3.